The molecule has 0 saturated carbocycles. The molecule has 0 amide bonds. The third-order valence-electron chi connectivity index (χ3n) is 3.07. The Morgan fingerprint density at radius 1 is 1.09 bits per heavy atom. The van der Waals surface area contributed by atoms with E-state index in [2.05, 4.69) is 0 Å². The molecule has 0 atom stereocenters. The number of ether oxygens (including phenoxy) is 2. The number of benzene rings is 1. The van der Waals surface area contributed by atoms with E-state index in [0.717, 1.165) is 25.7 Å². The van der Waals surface area contributed by atoms with Crippen LogP contribution in [0.15, 0.2) is 18.2 Å². The number of halogens is 1. The van der Waals surface area contributed by atoms with Crippen molar-refractivity contribution in [2.24, 2.45) is 0 Å². The van der Waals surface area contributed by atoms with Crippen LogP contribution in [0.1, 0.15) is 39.0 Å². The Labute approximate surface area is 130 Å². The fraction of sp³-hybridized carbons (Fsp3) is 0.600. The molecule has 0 aliphatic rings. The topological polar surface area (TPSA) is 76.0 Å². The Balaban J connectivity index is 2.13. The molecule has 0 radical (unpaired) electrons. The molecule has 0 spiro atoms. The van der Waals surface area contributed by atoms with Crippen molar-refractivity contribution >= 4 is 7.60 Å². The highest BCUT2D eigenvalue weighted by molar-refractivity contribution is 7.51. The summed E-state index contributed by atoms with van der Waals surface area (Å²) in [7, 11) is -3.86. The van der Waals surface area contributed by atoms with E-state index < -0.39 is 13.4 Å². The lowest BCUT2D eigenvalue weighted by Gasteiger charge is -2.09. The summed E-state index contributed by atoms with van der Waals surface area (Å²) in [5.41, 5.74) is 0. The summed E-state index contributed by atoms with van der Waals surface area (Å²) in [6.07, 6.45) is 3.81. The lowest BCUT2D eigenvalue weighted by Crippen LogP contribution is -2.00. The van der Waals surface area contributed by atoms with Crippen LogP contribution in [0.2, 0.25) is 0 Å². The zero-order valence-electron chi connectivity index (χ0n) is 12.8. The van der Waals surface area contributed by atoms with Crippen LogP contribution in [-0.2, 0) is 4.57 Å². The molecule has 0 saturated heterocycles. The summed E-state index contributed by atoms with van der Waals surface area (Å²) in [5, 5.41) is 0. The molecule has 5 nitrogen and oxygen atoms in total. The van der Waals surface area contributed by atoms with Gasteiger partial charge >= 0.3 is 7.60 Å². The molecular formula is C15H24FO5P. The molecule has 7 heteroatoms. The summed E-state index contributed by atoms with van der Waals surface area (Å²) in [5.74, 6) is 0.259. The summed E-state index contributed by atoms with van der Waals surface area (Å²) < 4.78 is 34.9. The minimum atomic E-state index is -3.86. The van der Waals surface area contributed by atoms with Gasteiger partial charge in [-0.3, -0.25) is 4.57 Å². The average molecular weight is 334 g/mol. The maximum atomic E-state index is 13.7. The number of hydrogen-bond donors (Lipinski definition) is 2. The van der Waals surface area contributed by atoms with Crippen molar-refractivity contribution in [2.45, 2.75) is 39.0 Å². The normalized spacial score (nSPS) is 11.5. The molecule has 126 valence electrons. The predicted molar refractivity (Wildman–Crippen MR) is 83.1 cm³/mol. The Kier molecular flexibility index (Phi) is 8.46. The van der Waals surface area contributed by atoms with Crippen LogP contribution in [0.4, 0.5) is 4.39 Å². The monoisotopic (exact) mass is 334 g/mol. The first-order chi connectivity index (χ1) is 10.4. The molecule has 0 aromatic heterocycles. The molecule has 0 heterocycles. The summed E-state index contributed by atoms with van der Waals surface area (Å²) in [6, 6.07) is 4.53. The number of hydrogen-bond acceptors (Lipinski definition) is 3. The maximum Gasteiger partial charge on any atom is 0.325 e. The molecule has 22 heavy (non-hydrogen) atoms. The second kappa shape index (κ2) is 9.82. The first-order valence-corrected chi connectivity index (χ1v) is 9.32. The Morgan fingerprint density at radius 2 is 1.77 bits per heavy atom. The van der Waals surface area contributed by atoms with Crippen molar-refractivity contribution in [2.75, 3.05) is 19.4 Å². The van der Waals surface area contributed by atoms with E-state index in [1.807, 2.05) is 6.92 Å². The van der Waals surface area contributed by atoms with E-state index in [4.69, 9.17) is 19.3 Å². The van der Waals surface area contributed by atoms with Crippen LogP contribution in [-0.4, -0.2) is 29.2 Å². The van der Waals surface area contributed by atoms with Crippen LogP contribution < -0.4 is 9.47 Å². The Morgan fingerprint density at radius 3 is 2.41 bits per heavy atom. The quantitative estimate of drug-likeness (QED) is 0.476. The Hall–Kier alpha value is -1.10. The highest BCUT2D eigenvalue weighted by Crippen LogP contribution is 2.35. The molecule has 0 bridgehead atoms. The van der Waals surface area contributed by atoms with Gasteiger partial charge in [0.2, 0.25) is 0 Å². The molecule has 1 rings (SSSR count). The van der Waals surface area contributed by atoms with Crippen molar-refractivity contribution in [3.8, 4) is 11.5 Å². The van der Waals surface area contributed by atoms with Crippen LogP contribution >= 0.6 is 7.60 Å². The molecule has 0 aliphatic carbocycles. The van der Waals surface area contributed by atoms with Crippen molar-refractivity contribution in [1.29, 1.82) is 0 Å². The van der Waals surface area contributed by atoms with Gasteiger partial charge in [0.15, 0.2) is 11.6 Å². The second-order valence-electron chi connectivity index (χ2n) is 5.03. The number of rotatable bonds is 11. The van der Waals surface area contributed by atoms with Crippen LogP contribution in [0.25, 0.3) is 0 Å². The van der Waals surface area contributed by atoms with Gasteiger partial charge < -0.3 is 19.3 Å². The SMILES string of the molecule is CCOc1ccc(OCCCCCCCP(=O)(O)O)c(F)c1. The van der Waals surface area contributed by atoms with E-state index in [9.17, 15) is 8.96 Å². The van der Waals surface area contributed by atoms with Crippen molar-refractivity contribution in [3.63, 3.8) is 0 Å². The maximum absolute atomic E-state index is 13.7. The minimum Gasteiger partial charge on any atom is -0.494 e. The molecule has 1 aromatic carbocycles. The van der Waals surface area contributed by atoms with Crippen molar-refractivity contribution in [3.05, 3.63) is 24.0 Å². The summed E-state index contributed by atoms with van der Waals surface area (Å²) in [4.78, 5) is 17.4. The van der Waals surface area contributed by atoms with E-state index in [-0.39, 0.29) is 11.9 Å². The fourth-order valence-corrected chi connectivity index (χ4v) is 2.62. The first-order valence-electron chi connectivity index (χ1n) is 7.52. The van der Waals surface area contributed by atoms with Gasteiger partial charge in [-0.15, -0.1) is 0 Å². The average Bonchev–Trinajstić information content (AvgIpc) is 2.43. The van der Waals surface area contributed by atoms with Gasteiger partial charge in [0.05, 0.1) is 13.2 Å². The van der Waals surface area contributed by atoms with Gasteiger partial charge in [0.1, 0.15) is 5.75 Å². The van der Waals surface area contributed by atoms with Gasteiger partial charge in [0.25, 0.3) is 0 Å². The first kappa shape index (κ1) is 18.9. The number of unbranched alkanes of at least 4 members (excludes halogenated alkanes) is 4. The standard InChI is InChI=1S/C15H24FO5P/c1-2-20-13-8-9-15(14(16)12-13)21-10-6-4-3-5-7-11-22(17,18)19/h8-9,12H,2-7,10-11H2,1H3,(H2,17,18,19). The molecule has 0 aliphatic heterocycles. The zero-order valence-corrected chi connectivity index (χ0v) is 13.7. The molecule has 2 N–H and O–H groups in total. The van der Waals surface area contributed by atoms with Crippen LogP contribution in [0, 0.1) is 5.82 Å². The lowest BCUT2D eigenvalue weighted by atomic mass is 10.2. The van der Waals surface area contributed by atoms with Gasteiger partial charge in [0, 0.05) is 12.2 Å². The van der Waals surface area contributed by atoms with Crippen LogP contribution in [0.3, 0.4) is 0 Å². The highest BCUT2D eigenvalue weighted by Gasteiger charge is 2.11. The largest absolute Gasteiger partial charge is 0.494 e. The second-order valence-corrected chi connectivity index (χ2v) is 6.81. The smallest absolute Gasteiger partial charge is 0.325 e. The third kappa shape index (κ3) is 8.37. The summed E-state index contributed by atoms with van der Waals surface area (Å²) >= 11 is 0. The Bertz CT molecular complexity index is 489. The van der Waals surface area contributed by atoms with Gasteiger partial charge in [-0.05, 0) is 31.9 Å². The minimum absolute atomic E-state index is 0.0547. The summed E-state index contributed by atoms with van der Waals surface area (Å²) in [6.45, 7) is 2.74. The van der Waals surface area contributed by atoms with Crippen molar-refractivity contribution < 1.29 is 28.2 Å². The van der Waals surface area contributed by atoms with Gasteiger partial charge in [-0.1, -0.05) is 19.3 Å². The predicted octanol–water partition coefficient (Wildman–Crippen LogP) is 3.73. The molecule has 0 fully saturated rings. The van der Waals surface area contributed by atoms with Gasteiger partial charge in [-0.25, -0.2) is 4.39 Å². The molecular weight excluding hydrogens is 310 g/mol. The molecule has 0 unspecified atom stereocenters. The van der Waals surface area contributed by atoms with E-state index >= 15 is 0 Å². The van der Waals surface area contributed by atoms with Gasteiger partial charge in [-0.2, -0.15) is 0 Å². The highest BCUT2D eigenvalue weighted by atomic mass is 31.2. The lowest BCUT2D eigenvalue weighted by molar-refractivity contribution is 0.287. The molecule has 1 aromatic rings. The zero-order chi connectivity index (χ0) is 16.4. The third-order valence-corrected chi connectivity index (χ3v) is 3.96. The van der Waals surface area contributed by atoms with Crippen molar-refractivity contribution in [1.82, 2.24) is 0 Å². The van der Waals surface area contributed by atoms with E-state index in [1.165, 1.54) is 6.07 Å². The van der Waals surface area contributed by atoms with Crippen LogP contribution in [0.5, 0.6) is 11.5 Å². The van der Waals surface area contributed by atoms with E-state index in [0.29, 0.717) is 25.4 Å². The van der Waals surface area contributed by atoms with E-state index in [1.54, 1.807) is 12.1 Å². The fourth-order valence-electron chi connectivity index (χ4n) is 1.99.